The van der Waals surface area contributed by atoms with Gasteiger partial charge in [-0.05, 0) is 26.6 Å². The minimum atomic E-state index is -0.999. The van der Waals surface area contributed by atoms with Crippen LogP contribution in [0.4, 0.5) is 0 Å². The minimum Gasteiger partial charge on any atom is -0.476 e. The zero-order valence-electron chi connectivity index (χ0n) is 16.4. The lowest BCUT2D eigenvalue weighted by Gasteiger charge is -2.30. The molecule has 2 rings (SSSR count). The van der Waals surface area contributed by atoms with Crippen molar-refractivity contribution in [3.63, 3.8) is 0 Å². The van der Waals surface area contributed by atoms with Crippen LogP contribution < -0.4 is 0 Å². The van der Waals surface area contributed by atoms with Gasteiger partial charge in [0.05, 0.1) is 0 Å². The van der Waals surface area contributed by atoms with E-state index in [-0.39, 0.29) is 17.6 Å². The Hall–Kier alpha value is -1.16. The molecule has 152 valence electrons. The first-order valence-electron chi connectivity index (χ1n) is 9.46. The van der Waals surface area contributed by atoms with Crippen molar-refractivity contribution < 1.29 is 14.7 Å². The fourth-order valence-corrected chi connectivity index (χ4v) is 5.06. The van der Waals surface area contributed by atoms with Crippen molar-refractivity contribution in [2.24, 2.45) is 0 Å². The van der Waals surface area contributed by atoms with Gasteiger partial charge in [0.1, 0.15) is 0 Å². The Morgan fingerprint density at radius 1 is 1.41 bits per heavy atom. The number of carboxylic acids is 1. The number of rotatable bonds is 12. The molecule has 0 bridgehead atoms. The molecule has 0 aromatic carbocycles. The maximum Gasteiger partial charge on any atom is 0.355 e. The summed E-state index contributed by atoms with van der Waals surface area (Å²) in [7, 11) is 2.13. The first-order chi connectivity index (χ1) is 12.9. The topological polar surface area (TPSA) is 77.0 Å². The van der Waals surface area contributed by atoms with Crippen LogP contribution in [0.25, 0.3) is 0 Å². The Balaban J connectivity index is 1.78. The SMILES string of the molecule is CCN(CC)CCN(C)C[C@H]1CCC(=O)N1CCSc1nc(C(=O)O)cs1. The lowest BCUT2D eigenvalue weighted by molar-refractivity contribution is -0.128. The average molecular weight is 415 g/mol. The summed E-state index contributed by atoms with van der Waals surface area (Å²) >= 11 is 2.86. The highest BCUT2D eigenvalue weighted by atomic mass is 32.2. The summed E-state index contributed by atoms with van der Waals surface area (Å²) in [5.41, 5.74) is 0.0902. The highest BCUT2D eigenvalue weighted by molar-refractivity contribution is 8.01. The van der Waals surface area contributed by atoms with E-state index in [1.807, 2.05) is 4.90 Å². The van der Waals surface area contributed by atoms with Crippen molar-refractivity contribution in [1.29, 1.82) is 0 Å². The Labute approximate surface area is 169 Å². The van der Waals surface area contributed by atoms with Crippen molar-refractivity contribution in [2.45, 2.75) is 37.1 Å². The largest absolute Gasteiger partial charge is 0.476 e. The number of thioether (sulfide) groups is 1. The molecular formula is C18H30N4O3S2. The molecule has 1 aliphatic heterocycles. The lowest BCUT2D eigenvalue weighted by atomic mass is 10.2. The predicted octanol–water partition coefficient (Wildman–Crippen LogP) is 2.20. The number of likely N-dealkylation sites (tertiary alicyclic amines) is 1. The Morgan fingerprint density at radius 2 is 2.15 bits per heavy atom. The molecule has 1 N–H and O–H groups in total. The van der Waals surface area contributed by atoms with Gasteiger partial charge in [0.15, 0.2) is 10.0 Å². The monoisotopic (exact) mass is 414 g/mol. The number of carbonyl (C=O) groups excluding carboxylic acids is 1. The van der Waals surface area contributed by atoms with Gasteiger partial charge in [-0.2, -0.15) is 0 Å². The lowest BCUT2D eigenvalue weighted by Crippen LogP contribution is -2.43. The van der Waals surface area contributed by atoms with Crippen LogP contribution in [-0.2, 0) is 4.79 Å². The number of carboxylic acid groups (broad SMARTS) is 1. The standard InChI is InChI=1S/C18H30N4O3S2/c1-4-21(5-2)9-8-20(3)12-14-6-7-16(23)22(14)10-11-26-18-19-15(13-27-18)17(24)25/h13-14H,4-12H2,1-3H3,(H,24,25)/t14-/m1/s1. The molecule has 0 unspecified atom stereocenters. The molecule has 7 nitrogen and oxygen atoms in total. The molecule has 2 heterocycles. The summed E-state index contributed by atoms with van der Waals surface area (Å²) in [6.45, 7) is 10.1. The number of aromatic nitrogens is 1. The van der Waals surface area contributed by atoms with Crippen LogP contribution in [0, 0.1) is 0 Å². The molecule has 1 aromatic rings. The minimum absolute atomic E-state index is 0.0902. The van der Waals surface area contributed by atoms with Crippen LogP contribution in [0.1, 0.15) is 37.2 Å². The third-order valence-electron chi connectivity index (χ3n) is 4.93. The zero-order chi connectivity index (χ0) is 19.8. The van der Waals surface area contributed by atoms with Gasteiger partial charge in [-0.3, -0.25) is 4.79 Å². The van der Waals surface area contributed by atoms with Crippen molar-refractivity contribution in [3.8, 4) is 0 Å². The van der Waals surface area contributed by atoms with E-state index < -0.39 is 5.97 Å². The number of amides is 1. The number of hydrogen-bond acceptors (Lipinski definition) is 7. The highest BCUT2D eigenvalue weighted by Gasteiger charge is 2.31. The summed E-state index contributed by atoms with van der Waals surface area (Å²) in [5, 5.41) is 10.5. The number of hydrogen-bond donors (Lipinski definition) is 1. The molecule has 1 aliphatic rings. The van der Waals surface area contributed by atoms with E-state index in [2.05, 4.69) is 35.7 Å². The second-order valence-electron chi connectivity index (χ2n) is 6.72. The van der Waals surface area contributed by atoms with E-state index in [0.717, 1.165) is 49.2 Å². The predicted molar refractivity (Wildman–Crippen MR) is 110 cm³/mol. The number of nitrogens with zero attached hydrogens (tertiary/aromatic N) is 4. The first-order valence-corrected chi connectivity index (χ1v) is 11.3. The van der Waals surface area contributed by atoms with Crippen LogP contribution in [0.5, 0.6) is 0 Å². The Kier molecular flexibility index (Phi) is 9.01. The van der Waals surface area contributed by atoms with Crippen LogP contribution >= 0.6 is 23.1 Å². The second kappa shape index (κ2) is 11.0. The maximum atomic E-state index is 12.3. The quantitative estimate of drug-likeness (QED) is 0.525. The first kappa shape index (κ1) is 22.1. The molecule has 1 amide bonds. The van der Waals surface area contributed by atoms with E-state index in [9.17, 15) is 9.59 Å². The van der Waals surface area contributed by atoms with Gasteiger partial charge >= 0.3 is 5.97 Å². The van der Waals surface area contributed by atoms with Crippen molar-refractivity contribution in [2.75, 3.05) is 52.1 Å². The normalized spacial score (nSPS) is 17.4. The van der Waals surface area contributed by atoms with Crippen molar-refractivity contribution in [3.05, 3.63) is 11.1 Å². The van der Waals surface area contributed by atoms with Crippen LogP contribution in [0.2, 0.25) is 0 Å². The smallest absolute Gasteiger partial charge is 0.355 e. The van der Waals surface area contributed by atoms with Crippen LogP contribution in [-0.4, -0.2) is 94.8 Å². The fourth-order valence-electron chi connectivity index (χ4n) is 3.25. The summed E-state index contributed by atoms with van der Waals surface area (Å²) in [5.74, 6) is -0.0402. The van der Waals surface area contributed by atoms with Gasteiger partial charge in [0.2, 0.25) is 5.91 Å². The van der Waals surface area contributed by atoms with Crippen molar-refractivity contribution in [1.82, 2.24) is 19.7 Å². The third kappa shape index (κ3) is 6.74. The maximum absolute atomic E-state index is 12.3. The molecule has 0 radical (unpaired) electrons. The molecule has 9 heteroatoms. The zero-order valence-corrected chi connectivity index (χ0v) is 18.0. The summed E-state index contributed by atoms with van der Waals surface area (Å²) < 4.78 is 0.743. The summed E-state index contributed by atoms with van der Waals surface area (Å²) in [4.78, 5) is 34.0. The summed E-state index contributed by atoms with van der Waals surface area (Å²) in [6, 6.07) is 0.269. The molecular weight excluding hydrogens is 384 g/mol. The Bertz CT molecular complexity index is 622. The van der Waals surface area contributed by atoms with Crippen molar-refractivity contribution >= 4 is 35.0 Å². The molecule has 1 fully saturated rings. The molecule has 0 saturated carbocycles. The van der Waals surface area contributed by atoms with Gasteiger partial charge < -0.3 is 19.8 Å². The van der Waals surface area contributed by atoms with Gasteiger partial charge in [-0.1, -0.05) is 25.6 Å². The number of likely N-dealkylation sites (N-methyl/N-ethyl adjacent to an activating group) is 2. The average Bonchev–Trinajstić information content (AvgIpc) is 3.24. The van der Waals surface area contributed by atoms with Gasteiger partial charge in [-0.15, -0.1) is 11.3 Å². The van der Waals surface area contributed by atoms with E-state index in [1.54, 1.807) is 5.38 Å². The third-order valence-corrected chi connectivity index (χ3v) is 6.93. The number of aromatic carboxylic acids is 1. The molecule has 27 heavy (non-hydrogen) atoms. The molecule has 0 spiro atoms. The molecule has 0 aliphatic carbocycles. The van der Waals surface area contributed by atoms with Gasteiger partial charge in [0.25, 0.3) is 0 Å². The van der Waals surface area contributed by atoms with Crippen LogP contribution in [0.3, 0.4) is 0 Å². The van der Waals surface area contributed by atoms with E-state index in [0.29, 0.717) is 13.0 Å². The molecule has 1 atom stereocenters. The highest BCUT2D eigenvalue weighted by Crippen LogP contribution is 2.25. The van der Waals surface area contributed by atoms with Gasteiger partial charge in [0, 0.05) is 49.8 Å². The number of carbonyl (C=O) groups is 2. The Morgan fingerprint density at radius 3 is 2.78 bits per heavy atom. The second-order valence-corrected chi connectivity index (χ2v) is 8.92. The van der Waals surface area contributed by atoms with Crippen LogP contribution in [0.15, 0.2) is 9.72 Å². The van der Waals surface area contributed by atoms with E-state index >= 15 is 0 Å². The van der Waals surface area contributed by atoms with Gasteiger partial charge in [-0.25, -0.2) is 9.78 Å². The van der Waals surface area contributed by atoms with E-state index in [1.165, 1.54) is 23.1 Å². The summed E-state index contributed by atoms with van der Waals surface area (Å²) in [6.07, 6.45) is 1.54. The molecule has 1 aromatic heterocycles. The fraction of sp³-hybridized carbons (Fsp3) is 0.722. The molecule has 1 saturated heterocycles. The number of thiazole rings is 1. The van der Waals surface area contributed by atoms with E-state index in [4.69, 9.17) is 5.11 Å².